The number of nitrogens with one attached hydrogen (secondary N) is 1. The summed E-state index contributed by atoms with van der Waals surface area (Å²) >= 11 is 0. The number of likely N-dealkylation sites (tertiary alicyclic amines) is 2. The van der Waals surface area contributed by atoms with Crippen LogP contribution in [-0.4, -0.2) is 103 Å². The maximum atomic E-state index is 13.0. The Bertz CT molecular complexity index is 644. The summed E-state index contributed by atoms with van der Waals surface area (Å²) in [6.07, 6.45) is 7.97. The lowest BCUT2D eigenvalue weighted by Gasteiger charge is -2.47. The maximum absolute atomic E-state index is 13.0. The van der Waals surface area contributed by atoms with Gasteiger partial charge in [-0.3, -0.25) is 9.69 Å². The van der Waals surface area contributed by atoms with Gasteiger partial charge in [0.05, 0.1) is 0 Å². The van der Waals surface area contributed by atoms with Crippen LogP contribution in [0, 0.1) is 5.92 Å². The molecule has 31 heavy (non-hydrogen) atoms. The minimum absolute atomic E-state index is 0.0527. The first-order valence-electron chi connectivity index (χ1n) is 12.3. The average molecular weight is 434 g/mol. The van der Waals surface area contributed by atoms with E-state index in [1.54, 1.807) is 0 Å². The molecule has 2 heterocycles. The maximum Gasteiger partial charge on any atom is 0.317 e. The fraction of sp³-hybridized carbons (Fsp3) is 0.833. The lowest BCUT2D eigenvalue weighted by molar-refractivity contribution is -0.119. The fourth-order valence-corrected chi connectivity index (χ4v) is 5.56. The number of piperidine rings is 1. The molecule has 2 amide bonds. The summed E-state index contributed by atoms with van der Waals surface area (Å²) in [5.74, 6) is 0.608. The Morgan fingerprint density at radius 2 is 1.90 bits per heavy atom. The van der Waals surface area contributed by atoms with Crippen molar-refractivity contribution in [1.82, 2.24) is 24.9 Å². The first kappa shape index (κ1) is 24.1. The van der Waals surface area contributed by atoms with Crippen molar-refractivity contribution >= 4 is 11.8 Å². The molecule has 1 aliphatic carbocycles. The molecule has 176 valence electrons. The molecule has 0 unspecified atom stereocenters. The van der Waals surface area contributed by atoms with Crippen LogP contribution in [0.25, 0.3) is 0 Å². The molecule has 7 heteroatoms. The van der Waals surface area contributed by atoms with Crippen molar-refractivity contribution in [2.45, 2.75) is 64.5 Å². The van der Waals surface area contributed by atoms with Crippen molar-refractivity contribution in [3.05, 3.63) is 11.8 Å². The van der Waals surface area contributed by atoms with E-state index in [2.05, 4.69) is 29.0 Å². The fourth-order valence-electron chi connectivity index (χ4n) is 5.56. The number of amides is 2. The third kappa shape index (κ3) is 6.45. The number of urea groups is 1. The quantitative estimate of drug-likeness (QED) is 0.596. The van der Waals surface area contributed by atoms with Crippen LogP contribution in [0.2, 0.25) is 0 Å². The van der Waals surface area contributed by atoms with Crippen LogP contribution in [0.15, 0.2) is 11.8 Å². The summed E-state index contributed by atoms with van der Waals surface area (Å²) in [4.78, 5) is 34.6. The van der Waals surface area contributed by atoms with Crippen LogP contribution in [0.1, 0.15) is 52.4 Å². The molecular formula is C24H43N5O2. The predicted octanol–water partition coefficient (Wildman–Crippen LogP) is 2.39. The van der Waals surface area contributed by atoms with Crippen LogP contribution in [-0.2, 0) is 4.79 Å². The molecule has 1 N–H and O–H groups in total. The number of fused-ring (bicyclic) bond motifs is 1. The van der Waals surface area contributed by atoms with Gasteiger partial charge in [0.15, 0.2) is 5.78 Å². The van der Waals surface area contributed by atoms with Gasteiger partial charge in [0.1, 0.15) is 0 Å². The average Bonchev–Trinajstić information content (AvgIpc) is 3.23. The largest absolute Gasteiger partial charge is 0.383 e. The Hall–Kier alpha value is -1.60. The van der Waals surface area contributed by atoms with E-state index in [0.29, 0.717) is 18.4 Å². The minimum atomic E-state index is 0.0527. The van der Waals surface area contributed by atoms with E-state index in [4.69, 9.17) is 0 Å². The van der Waals surface area contributed by atoms with E-state index in [-0.39, 0.29) is 17.9 Å². The number of ketones is 1. The summed E-state index contributed by atoms with van der Waals surface area (Å²) in [7, 11) is 3.96. The zero-order valence-electron chi connectivity index (χ0n) is 20.1. The van der Waals surface area contributed by atoms with Crippen molar-refractivity contribution in [2.75, 3.05) is 59.9 Å². The molecule has 1 saturated carbocycles. The molecule has 3 fully saturated rings. The Morgan fingerprint density at radius 3 is 2.55 bits per heavy atom. The van der Waals surface area contributed by atoms with Gasteiger partial charge < -0.3 is 20.0 Å². The first-order chi connectivity index (χ1) is 14.9. The number of carbonyl (C=O) groups excluding carboxylic acids is 2. The normalized spacial score (nSPS) is 28.6. The highest BCUT2D eigenvalue weighted by Gasteiger charge is 2.41. The topological polar surface area (TPSA) is 59.1 Å². The molecular weight excluding hydrogens is 390 g/mol. The molecule has 3 atom stereocenters. The van der Waals surface area contributed by atoms with Gasteiger partial charge in [-0.1, -0.05) is 6.92 Å². The molecule has 0 radical (unpaired) electrons. The predicted molar refractivity (Wildman–Crippen MR) is 125 cm³/mol. The molecule has 0 aromatic heterocycles. The lowest BCUT2D eigenvalue weighted by atomic mass is 9.74. The molecule has 7 nitrogen and oxygen atoms in total. The zero-order chi connectivity index (χ0) is 22.4. The summed E-state index contributed by atoms with van der Waals surface area (Å²) in [6, 6.07) is 0.583. The van der Waals surface area contributed by atoms with Crippen molar-refractivity contribution in [3.63, 3.8) is 0 Å². The van der Waals surface area contributed by atoms with Gasteiger partial charge in [-0.25, -0.2) is 4.79 Å². The van der Waals surface area contributed by atoms with Gasteiger partial charge in [0, 0.05) is 70.6 Å². The number of hydrogen-bond acceptors (Lipinski definition) is 5. The number of hydrogen-bond donors (Lipinski definition) is 1. The SMILES string of the molecule is CCCN1C[C@@H](NC(=O)N(CC)CCN2CCCC2)C[C@@H]2CC(=O)C(=CN(C)C)C[C@H]21. The number of carbonyl (C=O) groups is 2. The Labute approximate surface area is 188 Å². The van der Waals surface area contributed by atoms with Gasteiger partial charge in [-0.05, 0) is 64.6 Å². The van der Waals surface area contributed by atoms with Gasteiger partial charge in [-0.2, -0.15) is 0 Å². The Morgan fingerprint density at radius 1 is 1.16 bits per heavy atom. The monoisotopic (exact) mass is 433 g/mol. The molecule has 0 bridgehead atoms. The van der Waals surface area contributed by atoms with Crippen molar-refractivity contribution in [2.24, 2.45) is 5.92 Å². The molecule has 0 aromatic carbocycles. The highest BCUT2D eigenvalue weighted by Crippen LogP contribution is 2.36. The molecule has 2 saturated heterocycles. The van der Waals surface area contributed by atoms with Crippen molar-refractivity contribution in [1.29, 1.82) is 0 Å². The van der Waals surface area contributed by atoms with Crippen LogP contribution < -0.4 is 5.32 Å². The van der Waals surface area contributed by atoms with E-state index >= 15 is 0 Å². The summed E-state index contributed by atoms with van der Waals surface area (Å²) in [6.45, 7) is 11.0. The molecule has 2 aliphatic heterocycles. The highest BCUT2D eigenvalue weighted by atomic mass is 16.2. The second-order valence-electron chi connectivity index (χ2n) is 9.78. The smallest absolute Gasteiger partial charge is 0.317 e. The van der Waals surface area contributed by atoms with Crippen LogP contribution in [0.4, 0.5) is 4.79 Å². The van der Waals surface area contributed by atoms with Crippen LogP contribution in [0.3, 0.4) is 0 Å². The number of nitrogens with zero attached hydrogens (tertiary/aromatic N) is 4. The van der Waals surface area contributed by atoms with Gasteiger partial charge in [-0.15, -0.1) is 0 Å². The van der Waals surface area contributed by atoms with E-state index in [9.17, 15) is 9.59 Å². The van der Waals surface area contributed by atoms with Crippen molar-refractivity contribution in [3.8, 4) is 0 Å². The van der Waals surface area contributed by atoms with Crippen LogP contribution >= 0.6 is 0 Å². The number of Topliss-reactive ketones (excluding diaryl/α,β-unsaturated/α-hetero) is 1. The van der Waals surface area contributed by atoms with Gasteiger partial charge >= 0.3 is 6.03 Å². The van der Waals surface area contributed by atoms with E-state index in [1.807, 2.05) is 30.1 Å². The first-order valence-corrected chi connectivity index (χ1v) is 12.3. The highest BCUT2D eigenvalue weighted by molar-refractivity contribution is 5.96. The van der Waals surface area contributed by atoms with Crippen molar-refractivity contribution < 1.29 is 9.59 Å². The summed E-state index contributed by atoms with van der Waals surface area (Å²) in [5.41, 5.74) is 0.953. The minimum Gasteiger partial charge on any atom is -0.383 e. The van der Waals surface area contributed by atoms with Gasteiger partial charge in [0.2, 0.25) is 0 Å². The molecule has 3 rings (SSSR count). The standard InChI is InChI=1S/C24H43N5O2/c1-5-9-29-18-21(14-19-16-23(30)20(15-22(19)29)17-26(3)4)25-24(31)28(6-2)13-12-27-10-7-8-11-27/h17,19,21-22H,5-16,18H2,1-4H3,(H,25,31)/t19-,21+,22-/m1/s1. The summed E-state index contributed by atoms with van der Waals surface area (Å²) in [5, 5.41) is 3.32. The molecule has 0 aromatic rings. The third-order valence-corrected chi connectivity index (χ3v) is 7.10. The Balaban J connectivity index is 1.60. The summed E-state index contributed by atoms with van der Waals surface area (Å²) < 4.78 is 0. The number of likely N-dealkylation sites (N-methyl/N-ethyl adjacent to an activating group) is 1. The van der Waals surface area contributed by atoms with E-state index in [0.717, 1.165) is 70.6 Å². The van der Waals surface area contributed by atoms with Crippen LogP contribution in [0.5, 0.6) is 0 Å². The second-order valence-corrected chi connectivity index (χ2v) is 9.78. The Kier molecular flexibility index (Phi) is 8.78. The third-order valence-electron chi connectivity index (χ3n) is 7.10. The molecule has 0 spiro atoms. The second kappa shape index (κ2) is 11.3. The molecule has 3 aliphatic rings. The van der Waals surface area contributed by atoms with E-state index < -0.39 is 0 Å². The zero-order valence-corrected chi connectivity index (χ0v) is 20.1. The van der Waals surface area contributed by atoms with E-state index in [1.165, 1.54) is 12.8 Å². The van der Waals surface area contributed by atoms with Gasteiger partial charge in [0.25, 0.3) is 0 Å². The lowest BCUT2D eigenvalue weighted by Crippen LogP contribution is -2.59. The number of rotatable bonds is 8.